The van der Waals surface area contributed by atoms with Crippen molar-refractivity contribution in [2.75, 3.05) is 79.9 Å². The van der Waals surface area contributed by atoms with Crippen molar-refractivity contribution in [3.63, 3.8) is 0 Å². The van der Waals surface area contributed by atoms with Crippen LogP contribution < -0.4 is 4.74 Å². The minimum absolute atomic E-state index is 0.0533. The number of amidine groups is 1. The van der Waals surface area contributed by atoms with Crippen LogP contribution in [0.3, 0.4) is 0 Å². The first-order valence-electron chi connectivity index (χ1n) is 16.9. The van der Waals surface area contributed by atoms with E-state index in [2.05, 4.69) is 0 Å². The van der Waals surface area contributed by atoms with Gasteiger partial charge in [-0.25, -0.2) is 4.79 Å². The van der Waals surface area contributed by atoms with Crippen LogP contribution in [0.25, 0.3) is 0 Å². The van der Waals surface area contributed by atoms with Crippen LogP contribution in [0.5, 0.6) is 5.75 Å². The third kappa shape index (κ3) is 9.37. The predicted octanol–water partition coefficient (Wildman–Crippen LogP) is 6.81. The first-order valence-corrected chi connectivity index (χ1v) is 17.7. The number of ether oxygens (including phenoxy) is 3. The topological polar surface area (TPSA) is 87.2 Å². The van der Waals surface area contributed by atoms with Gasteiger partial charge in [0.05, 0.1) is 43.5 Å². The second kappa shape index (κ2) is 17.8. The molecule has 2 unspecified atom stereocenters. The Morgan fingerprint density at radius 3 is 1.94 bits per heavy atom. The molecule has 5 rings (SSSR count). The number of carbonyl (C=O) groups excluding carboxylic acids is 2. The van der Waals surface area contributed by atoms with E-state index in [1.165, 1.54) is 11.0 Å². The number of nitrogens with zero attached hydrogens (tertiary/aromatic N) is 5. The second-order valence-electron chi connectivity index (χ2n) is 12.4. The molecule has 0 N–H and O–H groups in total. The maximum Gasteiger partial charge on any atom is 0.416 e. The summed E-state index contributed by atoms with van der Waals surface area (Å²) in [6.45, 7) is 5.05. The van der Waals surface area contributed by atoms with Crippen molar-refractivity contribution in [3.05, 3.63) is 99.0 Å². The Morgan fingerprint density at radius 2 is 1.40 bits per heavy atom. The van der Waals surface area contributed by atoms with Gasteiger partial charge in [0, 0.05) is 63.5 Å². The summed E-state index contributed by atoms with van der Waals surface area (Å²) >= 11 is 12.5. The van der Waals surface area contributed by atoms with Crippen LogP contribution >= 0.6 is 23.2 Å². The zero-order valence-electron chi connectivity index (χ0n) is 29.2. The molecule has 0 aromatic heterocycles. The molecule has 0 aliphatic carbocycles. The Bertz CT molecular complexity index is 1700. The minimum Gasteiger partial charge on any atom is -0.493 e. The van der Waals surface area contributed by atoms with Crippen molar-refractivity contribution in [3.8, 4) is 5.75 Å². The zero-order valence-corrected chi connectivity index (χ0v) is 30.8. The average molecular weight is 765 g/mol. The summed E-state index contributed by atoms with van der Waals surface area (Å²) in [5, 5.41) is 1.00. The van der Waals surface area contributed by atoms with Gasteiger partial charge >= 0.3 is 12.2 Å². The van der Waals surface area contributed by atoms with Crippen molar-refractivity contribution >= 4 is 41.0 Å². The fraction of sp³-hybridized carbons (Fsp3) is 0.432. The molecule has 2 aliphatic rings. The number of rotatable bonds is 13. The van der Waals surface area contributed by atoms with Gasteiger partial charge in [-0.05, 0) is 60.5 Å². The van der Waals surface area contributed by atoms with Crippen LogP contribution in [0, 0.1) is 0 Å². The van der Waals surface area contributed by atoms with Crippen molar-refractivity contribution in [1.29, 1.82) is 0 Å². The van der Waals surface area contributed by atoms with E-state index in [4.69, 9.17) is 42.4 Å². The maximum atomic E-state index is 14.8. The Kier molecular flexibility index (Phi) is 13.4. The smallest absolute Gasteiger partial charge is 0.416 e. The van der Waals surface area contributed by atoms with Crippen LogP contribution in [0.1, 0.15) is 41.3 Å². The van der Waals surface area contributed by atoms with Gasteiger partial charge in [0.25, 0.3) is 0 Å². The molecule has 0 bridgehead atoms. The molecule has 3 aromatic rings. The van der Waals surface area contributed by atoms with Crippen LogP contribution in [0.2, 0.25) is 10.0 Å². The summed E-state index contributed by atoms with van der Waals surface area (Å²) in [6, 6.07) is 15.5. The molecule has 2 atom stereocenters. The molecule has 0 spiro atoms. The fourth-order valence-electron chi connectivity index (χ4n) is 6.31. The van der Waals surface area contributed by atoms with E-state index >= 15 is 0 Å². The number of amides is 3. The molecule has 1 saturated heterocycles. The fourth-order valence-corrected chi connectivity index (χ4v) is 6.57. The van der Waals surface area contributed by atoms with E-state index in [9.17, 15) is 22.8 Å². The van der Waals surface area contributed by atoms with Gasteiger partial charge in [0.2, 0.25) is 5.91 Å². The third-order valence-electron chi connectivity index (χ3n) is 9.03. The average Bonchev–Trinajstić information content (AvgIpc) is 3.53. The molecule has 0 saturated carbocycles. The van der Waals surface area contributed by atoms with E-state index in [0.29, 0.717) is 55.0 Å². The summed E-state index contributed by atoms with van der Waals surface area (Å²) in [7, 11) is 3.21. The van der Waals surface area contributed by atoms with Gasteiger partial charge < -0.3 is 24.0 Å². The molecule has 10 nitrogen and oxygen atoms in total. The van der Waals surface area contributed by atoms with E-state index in [-0.39, 0.29) is 49.3 Å². The maximum absolute atomic E-state index is 14.8. The number of alkyl halides is 3. The molecular weight excluding hydrogens is 722 g/mol. The van der Waals surface area contributed by atoms with Gasteiger partial charge in [-0.3, -0.25) is 19.6 Å². The lowest BCUT2D eigenvalue weighted by atomic mass is 9.93. The molecule has 52 heavy (non-hydrogen) atoms. The standard InChI is InChI=1S/C37H42Cl2F3N5O5/c1-4-52-31-23-27(37(40,41)42)9-14-30(31)35-43-33(25-5-10-28(38)11-6-25)34(26-7-12-29(39)13-8-26)47(35)36(49)46-17-15-45(16-18-46)32(48)24-44(19-21-50-2)20-22-51-3/h5-14,23,33-34H,4,15-22,24H2,1-3H3. The van der Waals surface area contributed by atoms with Gasteiger partial charge in [-0.1, -0.05) is 47.5 Å². The third-order valence-corrected chi connectivity index (χ3v) is 9.53. The quantitative estimate of drug-likeness (QED) is 0.190. The Labute approximate surface area is 311 Å². The van der Waals surface area contributed by atoms with E-state index in [1.54, 1.807) is 67.3 Å². The van der Waals surface area contributed by atoms with Crippen LogP contribution in [0.4, 0.5) is 18.0 Å². The van der Waals surface area contributed by atoms with Gasteiger partial charge in [-0.15, -0.1) is 0 Å². The second-order valence-corrected chi connectivity index (χ2v) is 13.2. The van der Waals surface area contributed by atoms with Crippen molar-refractivity contribution in [2.24, 2.45) is 4.99 Å². The van der Waals surface area contributed by atoms with E-state index in [1.807, 2.05) is 17.0 Å². The van der Waals surface area contributed by atoms with Crippen molar-refractivity contribution < 1.29 is 37.0 Å². The largest absolute Gasteiger partial charge is 0.493 e. The van der Waals surface area contributed by atoms with Crippen LogP contribution in [-0.4, -0.2) is 117 Å². The Morgan fingerprint density at radius 1 is 0.846 bits per heavy atom. The van der Waals surface area contributed by atoms with Crippen molar-refractivity contribution in [1.82, 2.24) is 19.6 Å². The summed E-state index contributed by atoms with van der Waals surface area (Å²) < 4.78 is 57.7. The highest BCUT2D eigenvalue weighted by Crippen LogP contribution is 2.46. The summed E-state index contributed by atoms with van der Waals surface area (Å²) in [5.41, 5.74) is 0.800. The molecule has 2 heterocycles. The summed E-state index contributed by atoms with van der Waals surface area (Å²) in [6.07, 6.45) is -4.61. The lowest BCUT2D eigenvalue weighted by Gasteiger charge is -2.39. The lowest BCUT2D eigenvalue weighted by molar-refractivity contribution is -0.137. The molecule has 15 heteroatoms. The summed E-state index contributed by atoms with van der Waals surface area (Å²) in [4.78, 5) is 40.1. The normalized spacial score (nSPS) is 17.9. The van der Waals surface area contributed by atoms with Crippen LogP contribution in [0.15, 0.2) is 71.7 Å². The number of carbonyl (C=O) groups is 2. The number of hydrogen-bond acceptors (Lipinski definition) is 7. The highest BCUT2D eigenvalue weighted by Gasteiger charge is 2.45. The molecule has 280 valence electrons. The molecular formula is C37H42Cl2F3N5O5. The van der Waals surface area contributed by atoms with Crippen molar-refractivity contribution in [2.45, 2.75) is 25.2 Å². The van der Waals surface area contributed by atoms with E-state index in [0.717, 1.165) is 17.7 Å². The summed E-state index contributed by atoms with van der Waals surface area (Å²) in [5.74, 6) is 0.0330. The number of hydrogen-bond donors (Lipinski definition) is 0. The van der Waals surface area contributed by atoms with Gasteiger partial charge in [0.1, 0.15) is 17.6 Å². The molecule has 0 radical (unpaired) electrons. The Balaban J connectivity index is 1.50. The molecule has 1 fully saturated rings. The number of halogens is 5. The Hall–Kier alpha value is -3.88. The number of urea groups is 1. The molecule has 3 aromatic carbocycles. The van der Waals surface area contributed by atoms with Crippen LogP contribution in [-0.2, 0) is 20.4 Å². The zero-order chi connectivity index (χ0) is 37.4. The highest BCUT2D eigenvalue weighted by molar-refractivity contribution is 6.30. The monoisotopic (exact) mass is 763 g/mol. The number of benzene rings is 3. The number of aliphatic imine (C=N–C) groups is 1. The lowest BCUT2D eigenvalue weighted by Crippen LogP contribution is -2.56. The SMILES string of the molecule is CCOc1cc(C(F)(F)F)ccc1C1=NC(c2ccc(Cl)cc2)C(c2ccc(Cl)cc2)N1C(=O)N1CCN(C(=O)CN(CCOC)CCOC)CC1. The minimum atomic E-state index is -4.61. The number of methoxy groups -OCH3 is 2. The van der Waals surface area contributed by atoms with Gasteiger partial charge in [0.15, 0.2) is 0 Å². The first kappa shape index (κ1) is 39.3. The first-order chi connectivity index (χ1) is 24.9. The highest BCUT2D eigenvalue weighted by atomic mass is 35.5. The molecule has 2 aliphatic heterocycles. The predicted molar refractivity (Wildman–Crippen MR) is 193 cm³/mol. The molecule has 3 amide bonds. The van der Waals surface area contributed by atoms with E-state index < -0.39 is 29.9 Å². The number of piperazine rings is 1. The van der Waals surface area contributed by atoms with Gasteiger partial charge in [-0.2, -0.15) is 13.2 Å².